The summed E-state index contributed by atoms with van der Waals surface area (Å²) in [5, 5.41) is 10.6. The number of nitro groups is 1. The van der Waals surface area contributed by atoms with Crippen LogP contribution < -0.4 is 0 Å². The first-order chi connectivity index (χ1) is 10.7. The molecule has 3 saturated carbocycles. The molecular formula is C19H31NO2. The number of hydrogen-bond acceptors (Lipinski definition) is 2. The van der Waals surface area contributed by atoms with Gasteiger partial charge in [-0.1, -0.05) is 64.2 Å². The Bertz CT molecular complexity index is 386. The van der Waals surface area contributed by atoms with Crippen LogP contribution in [0.25, 0.3) is 0 Å². The van der Waals surface area contributed by atoms with Gasteiger partial charge in [-0.3, -0.25) is 10.1 Å². The van der Waals surface area contributed by atoms with Crippen molar-refractivity contribution in [3.8, 4) is 0 Å². The van der Waals surface area contributed by atoms with E-state index in [0.717, 1.165) is 11.8 Å². The molecule has 1 unspecified atom stereocenters. The summed E-state index contributed by atoms with van der Waals surface area (Å²) in [4.78, 5) is 10.4. The number of allylic oxidation sites excluding steroid dienone is 1. The van der Waals surface area contributed by atoms with E-state index in [1.807, 2.05) is 6.08 Å². The van der Waals surface area contributed by atoms with Crippen LogP contribution in [0.4, 0.5) is 0 Å². The SMILES string of the molecule is O=[N+]([O-])/C=C/C1CC1(CC1CCCCC1)CC1CCCCC1. The van der Waals surface area contributed by atoms with Crippen molar-refractivity contribution in [3.05, 3.63) is 22.4 Å². The summed E-state index contributed by atoms with van der Waals surface area (Å²) < 4.78 is 0. The third-order valence-corrected chi connectivity index (χ3v) is 6.53. The molecule has 3 fully saturated rings. The standard InChI is InChI=1S/C19H31NO2/c21-20(22)12-11-18-15-19(18,13-16-7-3-1-4-8-16)14-17-9-5-2-6-10-17/h11-12,16-18H,1-10,13-15H2/b12-11+. The molecule has 0 heterocycles. The van der Waals surface area contributed by atoms with E-state index in [2.05, 4.69) is 0 Å². The number of hydrogen-bond donors (Lipinski definition) is 0. The summed E-state index contributed by atoms with van der Waals surface area (Å²) >= 11 is 0. The van der Waals surface area contributed by atoms with E-state index >= 15 is 0 Å². The van der Waals surface area contributed by atoms with Crippen LogP contribution in [0.5, 0.6) is 0 Å². The Labute approximate surface area is 134 Å². The molecule has 3 nitrogen and oxygen atoms in total. The van der Waals surface area contributed by atoms with Gasteiger partial charge in [0.2, 0.25) is 6.20 Å². The summed E-state index contributed by atoms with van der Waals surface area (Å²) in [5.41, 5.74) is 0.427. The summed E-state index contributed by atoms with van der Waals surface area (Å²) in [5.74, 6) is 2.28. The average molecular weight is 305 g/mol. The quantitative estimate of drug-likeness (QED) is 0.465. The van der Waals surface area contributed by atoms with E-state index in [9.17, 15) is 10.1 Å². The lowest BCUT2D eigenvalue weighted by Crippen LogP contribution is -2.19. The fraction of sp³-hybridized carbons (Fsp3) is 0.895. The summed E-state index contributed by atoms with van der Waals surface area (Å²) in [7, 11) is 0. The zero-order valence-corrected chi connectivity index (χ0v) is 13.8. The molecule has 0 aromatic heterocycles. The Hall–Kier alpha value is -0.860. The molecule has 22 heavy (non-hydrogen) atoms. The van der Waals surface area contributed by atoms with Crippen molar-refractivity contribution in [1.29, 1.82) is 0 Å². The third kappa shape index (κ3) is 4.11. The van der Waals surface area contributed by atoms with E-state index in [0.29, 0.717) is 11.3 Å². The average Bonchev–Trinajstić information content (AvgIpc) is 3.19. The van der Waals surface area contributed by atoms with Crippen LogP contribution in [0.15, 0.2) is 12.3 Å². The smallest absolute Gasteiger partial charge is 0.230 e. The highest BCUT2D eigenvalue weighted by molar-refractivity contribution is 5.12. The molecule has 0 saturated heterocycles. The Morgan fingerprint density at radius 3 is 1.86 bits per heavy atom. The van der Waals surface area contributed by atoms with E-state index in [1.54, 1.807) is 0 Å². The second kappa shape index (κ2) is 7.14. The van der Waals surface area contributed by atoms with Gasteiger partial charge in [0.05, 0.1) is 4.92 Å². The van der Waals surface area contributed by atoms with Gasteiger partial charge >= 0.3 is 0 Å². The van der Waals surface area contributed by atoms with Gasteiger partial charge in [-0.05, 0) is 48.5 Å². The molecule has 124 valence electrons. The molecule has 0 amide bonds. The molecule has 0 bridgehead atoms. The van der Waals surface area contributed by atoms with Gasteiger partial charge in [-0.15, -0.1) is 0 Å². The molecule has 0 aromatic carbocycles. The van der Waals surface area contributed by atoms with Crippen molar-refractivity contribution < 1.29 is 4.92 Å². The third-order valence-electron chi connectivity index (χ3n) is 6.53. The Morgan fingerprint density at radius 2 is 1.41 bits per heavy atom. The van der Waals surface area contributed by atoms with Crippen molar-refractivity contribution in [2.24, 2.45) is 23.2 Å². The van der Waals surface area contributed by atoms with Gasteiger partial charge in [0, 0.05) is 0 Å². The minimum atomic E-state index is -0.287. The molecule has 0 spiro atoms. The lowest BCUT2D eigenvalue weighted by molar-refractivity contribution is -0.402. The molecule has 0 radical (unpaired) electrons. The lowest BCUT2D eigenvalue weighted by atomic mass is 9.74. The molecule has 0 N–H and O–H groups in total. The van der Waals surface area contributed by atoms with Crippen LogP contribution >= 0.6 is 0 Å². The Morgan fingerprint density at radius 1 is 0.909 bits per heavy atom. The molecule has 3 rings (SSSR count). The largest absolute Gasteiger partial charge is 0.259 e. The maximum atomic E-state index is 10.6. The summed E-state index contributed by atoms with van der Waals surface area (Å²) in [6, 6.07) is 0. The highest BCUT2D eigenvalue weighted by Crippen LogP contribution is 2.63. The van der Waals surface area contributed by atoms with Crippen molar-refractivity contribution >= 4 is 0 Å². The van der Waals surface area contributed by atoms with Crippen molar-refractivity contribution in [3.63, 3.8) is 0 Å². The first-order valence-corrected chi connectivity index (χ1v) is 9.50. The second-order valence-electron chi connectivity index (χ2n) is 8.22. The van der Waals surface area contributed by atoms with Gasteiger partial charge in [0.1, 0.15) is 0 Å². The van der Waals surface area contributed by atoms with Gasteiger partial charge in [-0.25, -0.2) is 0 Å². The zero-order chi connectivity index (χ0) is 15.4. The number of rotatable bonds is 6. The van der Waals surface area contributed by atoms with Crippen LogP contribution in [-0.2, 0) is 0 Å². The van der Waals surface area contributed by atoms with E-state index in [-0.39, 0.29) is 4.92 Å². The van der Waals surface area contributed by atoms with Crippen LogP contribution in [0.1, 0.15) is 83.5 Å². The molecule has 0 aromatic rings. The Kier molecular flexibility index (Phi) is 5.20. The van der Waals surface area contributed by atoms with Crippen LogP contribution in [-0.4, -0.2) is 4.92 Å². The predicted molar refractivity (Wildman–Crippen MR) is 89.1 cm³/mol. The maximum Gasteiger partial charge on any atom is 0.230 e. The fourth-order valence-electron chi connectivity index (χ4n) is 5.31. The van der Waals surface area contributed by atoms with Crippen molar-refractivity contribution in [1.82, 2.24) is 0 Å². The van der Waals surface area contributed by atoms with Crippen molar-refractivity contribution in [2.45, 2.75) is 83.5 Å². The highest BCUT2D eigenvalue weighted by Gasteiger charge is 2.54. The molecule has 0 aliphatic heterocycles. The highest BCUT2D eigenvalue weighted by atomic mass is 16.6. The summed E-state index contributed by atoms with van der Waals surface area (Å²) in [6.45, 7) is 0. The number of nitrogens with zero attached hydrogens (tertiary/aromatic N) is 1. The maximum absolute atomic E-state index is 10.6. The molecule has 1 atom stereocenters. The van der Waals surface area contributed by atoms with E-state index < -0.39 is 0 Å². The van der Waals surface area contributed by atoms with Gasteiger partial charge < -0.3 is 0 Å². The predicted octanol–water partition coefficient (Wildman–Crippen LogP) is 5.72. The lowest BCUT2D eigenvalue weighted by Gasteiger charge is -2.31. The normalized spacial score (nSPS) is 29.7. The van der Waals surface area contributed by atoms with Gasteiger partial charge in [-0.2, -0.15) is 0 Å². The van der Waals surface area contributed by atoms with E-state index in [1.165, 1.54) is 89.7 Å². The topological polar surface area (TPSA) is 43.1 Å². The molecule has 3 heteroatoms. The van der Waals surface area contributed by atoms with Crippen LogP contribution in [0.3, 0.4) is 0 Å². The molecular weight excluding hydrogens is 274 g/mol. The minimum Gasteiger partial charge on any atom is -0.259 e. The van der Waals surface area contributed by atoms with E-state index in [4.69, 9.17) is 0 Å². The van der Waals surface area contributed by atoms with Crippen LogP contribution in [0, 0.1) is 33.3 Å². The first kappa shape index (κ1) is 16.0. The Balaban J connectivity index is 1.61. The first-order valence-electron chi connectivity index (χ1n) is 9.50. The molecule has 3 aliphatic carbocycles. The van der Waals surface area contributed by atoms with Gasteiger partial charge in [0.15, 0.2) is 0 Å². The minimum absolute atomic E-state index is 0.287. The summed E-state index contributed by atoms with van der Waals surface area (Å²) in [6.07, 6.45) is 21.1. The second-order valence-corrected chi connectivity index (χ2v) is 8.22. The van der Waals surface area contributed by atoms with Gasteiger partial charge in [0.25, 0.3) is 0 Å². The molecule has 3 aliphatic rings. The zero-order valence-electron chi connectivity index (χ0n) is 13.8. The fourth-order valence-corrected chi connectivity index (χ4v) is 5.31. The van der Waals surface area contributed by atoms with Crippen LogP contribution in [0.2, 0.25) is 0 Å². The van der Waals surface area contributed by atoms with Crippen molar-refractivity contribution in [2.75, 3.05) is 0 Å². The monoisotopic (exact) mass is 305 g/mol.